The van der Waals surface area contributed by atoms with Crippen molar-refractivity contribution in [1.29, 1.82) is 0 Å². The van der Waals surface area contributed by atoms with Crippen molar-refractivity contribution in [3.8, 4) is 5.75 Å². The number of methoxy groups -OCH3 is 1. The molecule has 2 aromatic rings. The number of benzene rings is 2. The second kappa shape index (κ2) is 6.56. The fourth-order valence-electron chi connectivity index (χ4n) is 2.43. The summed E-state index contributed by atoms with van der Waals surface area (Å²) in [5.41, 5.74) is 1.95. The molecule has 1 aliphatic rings. The molecule has 0 atom stereocenters. The number of esters is 1. The Bertz CT molecular complexity index is 931. The van der Waals surface area contributed by atoms with Crippen molar-refractivity contribution in [3.63, 3.8) is 0 Å². The van der Waals surface area contributed by atoms with E-state index in [0.29, 0.717) is 16.9 Å². The number of ether oxygens (including phenoxy) is 2. The quantitative estimate of drug-likeness (QED) is 0.369. The summed E-state index contributed by atoms with van der Waals surface area (Å²) in [5.74, 6) is -0.0176. The van der Waals surface area contributed by atoms with Gasteiger partial charge in [0.15, 0.2) is 5.70 Å². The van der Waals surface area contributed by atoms with Crippen LogP contribution in [-0.2, 0) is 9.53 Å². The Kier molecular flexibility index (Phi) is 4.30. The van der Waals surface area contributed by atoms with E-state index < -0.39 is 10.9 Å². The van der Waals surface area contributed by atoms with Gasteiger partial charge in [0.2, 0.25) is 5.90 Å². The van der Waals surface area contributed by atoms with Gasteiger partial charge in [0, 0.05) is 23.3 Å². The largest absolute Gasteiger partial charge is 0.496 e. The van der Waals surface area contributed by atoms with Crippen LogP contribution in [0, 0.1) is 17.0 Å². The number of carbonyl (C=O) groups is 1. The molecule has 7 heteroatoms. The first kappa shape index (κ1) is 16.4. The van der Waals surface area contributed by atoms with E-state index in [9.17, 15) is 14.9 Å². The highest BCUT2D eigenvalue weighted by Crippen LogP contribution is 2.28. The van der Waals surface area contributed by atoms with Gasteiger partial charge in [-0.05, 0) is 30.7 Å². The second-order valence-corrected chi connectivity index (χ2v) is 5.33. The van der Waals surface area contributed by atoms with Gasteiger partial charge in [0.1, 0.15) is 5.75 Å². The number of nitro benzene ring substituents is 1. The predicted octanol–water partition coefficient (Wildman–Crippen LogP) is 3.26. The van der Waals surface area contributed by atoms with E-state index in [1.165, 1.54) is 31.4 Å². The van der Waals surface area contributed by atoms with E-state index in [-0.39, 0.29) is 17.3 Å². The standard InChI is InChI=1S/C18H14N2O5/c1-11-5-3-4-6-14(11)17-19-15(18(21)25-17)10-12-9-13(20(22)23)7-8-16(12)24-2/h3-10H,1-2H3/b15-10-. The lowest BCUT2D eigenvalue weighted by atomic mass is 10.1. The maximum Gasteiger partial charge on any atom is 0.363 e. The summed E-state index contributed by atoms with van der Waals surface area (Å²) >= 11 is 0. The van der Waals surface area contributed by atoms with Gasteiger partial charge in [-0.1, -0.05) is 18.2 Å². The molecule has 126 valence electrons. The van der Waals surface area contributed by atoms with Crippen LogP contribution in [0.2, 0.25) is 0 Å². The van der Waals surface area contributed by atoms with Crippen LogP contribution < -0.4 is 4.74 Å². The van der Waals surface area contributed by atoms with Crippen molar-refractivity contribution in [1.82, 2.24) is 0 Å². The molecule has 2 aromatic carbocycles. The minimum atomic E-state index is -0.619. The molecule has 0 N–H and O–H groups in total. The minimum absolute atomic E-state index is 0.0528. The normalized spacial score (nSPS) is 15.0. The summed E-state index contributed by atoms with van der Waals surface area (Å²) in [6.07, 6.45) is 1.42. The van der Waals surface area contributed by atoms with Crippen LogP contribution in [0.4, 0.5) is 5.69 Å². The predicted molar refractivity (Wildman–Crippen MR) is 91.4 cm³/mol. The van der Waals surface area contributed by atoms with Gasteiger partial charge < -0.3 is 9.47 Å². The van der Waals surface area contributed by atoms with Crippen LogP contribution in [0.15, 0.2) is 53.2 Å². The third-order valence-corrected chi connectivity index (χ3v) is 3.71. The highest BCUT2D eigenvalue weighted by molar-refractivity contribution is 6.13. The summed E-state index contributed by atoms with van der Waals surface area (Å²) < 4.78 is 10.4. The first-order valence-electron chi connectivity index (χ1n) is 7.40. The zero-order chi connectivity index (χ0) is 18.0. The van der Waals surface area contributed by atoms with Gasteiger partial charge in [-0.15, -0.1) is 0 Å². The first-order valence-corrected chi connectivity index (χ1v) is 7.40. The van der Waals surface area contributed by atoms with Crippen LogP contribution in [0.1, 0.15) is 16.7 Å². The van der Waals surface area contributed by atoms with Gasteiger partial charge >= 0.3 is 5.97 Å². The Morgan fingerprint density at radius 1 is 1.24 bits per heavy atom. The number of nitro groups is 1. The van der Waals surface area contributed by atoms with Crippen molar-refractivity contribution >= 4 is 23.6 Å². The number of hydrogen-bond donors (Lipinski definition) is 0. The number of hydrogen-bond acceptors (Lipinski definition) is 6. The van der Waals surface area contributed by atoms with Gasteiger partial charge in [0.25, 0.3) is 5.69 Å². The molecule has 0 radical (unpaired) electrons. The Morgan fingerprint density at radius 3 is 2.68 bits per heavy atom. The van der Waals surface area contributed by atoms with E-state index in [0.717, 1.165) is 5.56 Å². The lowest BCUT2D eigenvalue weighted by Gasteiger charge is -2.04. The molecule has 0 spiro atoms. The number of rotatable bonds is 4. The molecule has 7 nitrogen and oxygen atoms in total. The third kappa shape index (κ3) is 3.25. The lowest BCUT2D eigenvalue weighted by Crippen LogP contribution is -2.06. The molecule has 0 aromatic heterocycles. The van der Waals surface area contributed by atoms with Crippen LogP contribution in [-0.4, -0.2) is 23.9 Å². The minimum Gasteiger partial charge on any atom is -0.496 e. The molecule has 1 heterocycles. The van der Waals surface area contributed by atoms with Crippen LogP contribution >= 0.6 is 0 Å². The molecule has 0 fully saturated rings. The van der Waals surface area contributed by atoms with Crippen molar-refractivity contribution in [2.45, 2.75) is 6.92 Å². The molecular formula is C18H14N2O5. The highest BCUT2D eigenvalue weighted by atomic mass is 16.6. The van der Waals surface area contributed by atoms with Crippen molar-refractivity contribution in [2.75, 3.05) is 7.11 Å². The molecule has 25 heavy (non-hydrogen) atoms. The molecule has 3 rings (SSSR count). The average molecular weight is 338 g/mol. The van der Waals surface area contributed by atoms with Gasteiger partial charge in [-0.2, -0.15) is 0 Å². The van der Waals surface area contributed by atoms with Gasteiger partial charge in [0.05, 0.1) is 12.0 Å². The van der Waals surface area contributed by atoms with Crippen LogP contribution in [0.25, 0.3) is 6.08 Å². The molecule has 0 bridgehead atoms. The fraction of sp³-hybridized carbons (Fsp3) is 0.111. The number of aryl methyl sites for hydroxylation is 1. The Labute approximate surface area is 143 Å². The zero-order valence-corrected chi connectivity index (χ0v) is 13.6. The van der Waals surface area contributed by atoms with Crippen molar-refractivity contribution in [2.24, 2.45) is 4.99 Å². The molecule has 0 amide bonds. The molecular weight excluding hydrogens is 324 g/mol. The molecule has 0 saturated carbocycles. The Morgan fingerprint density at radius 2 is 2.00 bits per heavy atom. The van der Waals surface area contributed by atoms with E-state index >= 15 is 0 Å². The second-order valence-electron chi connectivity index (χ2n) is 5.33. The SMILES string of the molecule is COc1ccc([N+](=O)[O-])cc1/C=C1\N=C(c2ccccc2C)OC1=O. The van der Waals surface area contributed by atoms with Crippen LogP contribution in [0.5, 0.6) is 5.75 Å². The van der Waals surface area contributed by atoms with Gasteiger partial charge in [-0.3, -0.25) is 10.1 Å². The molecule has 1 aliphatic heterocycles. The number of non-ortho nitro benzene ring substituents is 1. The topological polar surface area (TPSA) is 91.0 Å². The van der Waals surface area contributed by atoms with Crippen molar-refractivity contribution < 1.29 is 19.2 Å². The summed E-state index contributed by atoms with van der Waals surface area (Å²) in [4.78, 5) is 26.8. The summed E-state index contributed by atoms with van der Waals surface area (Å²) in [5, 5.41) is 11.0. The zero-order valence-electron chi connectivity index (χ0n) is 13.6. The number of cyclic esters (lactones) is 1. The van der Waals surface area contributed by atoms with E-state index in [1.54, 1.807) is 6.07 Å². The number of aliphatic imine (C=N–C) groups is 1. The first-order chi connectivity index (χ1) is 12.0. The summed E-state index contributed by atoms with van der Waals surface area (Å²) in [6.45, 7) is 1.89. The lowest BCUT2D eigenvalue weighted by molar-refractivity contribution is -0.384. The van der Waals surface area contributed by atoms with E-state index in [1.807, 2.05) is 25.1 Å². The van der Waals surface area contributed by atoms with Crippen molar-refractivity contribution in [3.05, 3.63) is 75.0 Å². The Hall–Kier alpha value is -3.48. The molecule has 0 aliphatic carbocycles. The fourth-order valence-corrected chi connectivity index (χ4v) is 2.43. The highest BCUT2D eigenvalue weighted by Gasteiger charge is 2.25. The number of carbonyl (C=O) groups excluding carboxylic acids is 1. The monoisotopic (exact) mass is 338 g/mol. The van der Waals surface area contributed by atoms with E-state index in [4.69, 9.17) is 9.47 Å². The maximum atomic E-state index is 12.1. The smallest absolute Gasteiger partial charge is 0.363 e. The Balaban J connectivity index is 2.04. The van der Waals surface area contributed by atoms with Crippen LogP contribution in [0.3, 0.4) is 0 Å². The third-order valence-electron chi connectivity index (χ3n) is 3.71. The number of nitrogens with zero attached hydrogens (tertiary/aromatic N) is 2. The van der Waals surface area contributed by atoms with E-state index in [2.05, 4.69) is 4.99 Å². The average Bonchev–Trinajstić information content (AvgIpc) is 2.95. The molecule has 0 saturated heterocycles. The summed E-state index contributed by atoms with van der Waals surface area (Å²) in [6, 6.07) is 11.5. The maximum absolute atomic E-state index is 12.1. The summed E-state index contributed by atoms with van der Waals surface area (Å²) in [7, 11) is 1.44. The van der Waals surface area contributed by atoms with Gasteiger partial charge in [-0.25, -0.2) is 9.79 Å². The molecule has 0 unspecified atom stereocenters.